The van der Waals surface area contributed by atoms with Gasteiger partial charge in [-0.15, -0.1) is 0 Å². The number of fused-ring (bicyclic) bond motifs is 2. The highest BCUT2D eigenvalue weighted by Crippen LogP contribution is 2.29. The van der Waals surface area contributed by atoms with Gasteiger partial charge in [-0.1, -0.05) is 18.2 Å². The molecular formula is C22H18N4O. The average Bonchev–Trinajstić information content (AvgIpc) is 3.37. The molecule has 132 valence electrons. The summed E-state index contributed by atoms with van der Waals surface area (Å²) < 4.78 is 3.98. The molecule has 4 aromatic rings. The van der Waals surface area contributed by atoms with Crippen LogP contribution in [0.1, 0.15) is 21.6 Å². The molecule has 0 atom stereocenters. The van der Waals surface area contributed by atoms with Crippen molar-refractivity contribution >= 4 is 11.6 Å². The summed E-state index contributed by atoms with van der Waals surface area (Å²) in [5.74, 6) is 0.00381. The van der Waals surface area contributed by atoms with Gasteiger partial charge in [0.25, 0.3) is 5.91 Å². The van der Waals surface area contributed by atoms with E-state index in [0.29, 0.717) is 12.1 Å². The van der Waals surface area contributed by atoms with Crippen LogP contribution in [0.5, 0.6) is 0 Å². The molecule has 0 saturated heterocycles. The molecule has 5 heteroatoms. The van der Waals surface area contributed by atoms with Crippen molar-refractivity contribution < 1.29 is 4.79 Å². The molecule has 2 aromatic heterocycles. The fraction of sp³-hybridized carbons (Fsp3) is 0.0909. The molecule has 0 unspecified atom stereocenters. The minimum atomic E-state index is 0.00381. The van der Waals surface area contributed by atoms with E-state index in [2.05, 4.69) is 28.0 Å². The van der Waals surface area contributed by atoms with Crippen molar-refractivity contribution in [3.8, 4) is 5.69 Å². The van der Waals surface area contributed by atoms with Crippen molar-refractivity contribution in [1.29, 1.82) is 0 Å². The largest absolute Gasteiger partial charge is 0.345 e. The molecule has 5 nitrogen and oxygen atoms in total. The van der Waals surface area contributed by atoms with Gasteiger partial charge in [0.1, 0.15) is 0 Å². The third kappa shape index (κ3) is 2.73. The molecule has 3 heterocycles. The number of benzene rings is 2. The van der Waals surface area contributed by atoms with E-state index >= 15 is 0 Å². The first kappa shape index (κ1) is 15.6. The molecule has 0 radical (unpaired) electrons. The van der Waals surface area contributed by atoms with Gasteiger partial charge < -0.3 is 9.47 Å². The zero-order valence-electron chi connectivity index (χ0n) is 14.7. The first-order valence-electron chi connectivity index (χ1n) is 8.93. The lowest BCUT2D eigenvalue weighted by Crippen LogP contribution is -2.30. The van der Waals surface area contributed by atoms with Gasteiger partial charge in [-0.05, 0) is 54.1 Å². The van der Waals surface area contributed by atoms with E-state index in [1.807, 2.05) is 65.7 Å². The minimum Gasteiger partial charge on any atom is -0.345 e. The Kier molecular flexibility index (Phi) is 3.64. The maximum absolute atomic E-state index is 13.3. The third-order valence-electron chi connectivity index (χ3n) is 5.00. The van der Waals surface area contributed by atoms with Crippen LogP contribution >= 0.6 is 0 Å². The van der Waals surface area contributed by atoms with E-state index in [1.165, 1.54) is 0 Å². The predicted octanol–water partition coefficient (Wildman–Crippen LogP) is 3.88. The molecule has 0 N–H and O–H groups in total. The van der Waals surface area contributed by atoms with Crippen LogP contribution in [0.3, 0.4) is 0 Å². The first-order chi connectivity index (χ1) is 13.3. The molecule has 0 spiro atoms. The number of hydrogen-bond acceptors (Lipinski definition) is 2. The van der Waals surface area contributed by atoms with Crippen LogP contribution in [0.4, 0.5) is 5.69 Å². The second-order valence-electron chi connectivity index (χ2n) is 6.64. The molecule has 0 fully saturated rings. The highest BCUT2D eigenvalue weighted by Gasteiger charge is 2.24. The van der Waals surface area contributed by atoms with Crippen molar-refractivity contribution in [3.63, 3.8) is 0 Å². The van der Waals surface area contributed by atoms with Crippen molar-refractivity contribution in [3.05, 3.63) is 102 Å². The smallest absolute Gasteiger partial charge is 0.258 e. The molecule has 27 heavy (non-hydrogen) atoms. The maximum Gasteiger partial charge on any atom is 0.258 e. The minimum absolute atomic E-state index is 0.00381. The van der Waals surface area contributed by atoms with Crippen LogP contribution < -0.4 is 4.90 Å². The van der Waals surface area contributed by atoms with Crippen LogP contribution in [-0.2, 0) is 13.1 Å². The molecular weight excluding hydrogens is 336 g/mol. The maximum atomic E-state index is 13.3. The number of para-hydroxylation sites is 1. The van der Waals surface area contributed by atoms with Gasteiger partial charge >= 0.3 is 0 Å². The highest BCUT2D eigenvalue weighted by molar-refractivity contribution is 6.06. The van der Waals surface area contributed by atoms with Crippen LogP contribution in [0.25, 0.3) is 5.69 Å². The number of amides is 1. The molecule has 0 bridgehead atoms. The fourth-order valence-electron chi connectivity index (χ4n) is 3.60. The topological polar surface area (TPSA) is 43.1 Å². The Morgan fingerprint density at radius 3 is 2.52 bits per heavy atom. The van der Waals surface area contributed by atoms with Crippen molar-refractivity contribution in [1.82, 2.24) is 14.3 Å². The number of carbonyl (C=O) groups excluding carboxylic acids is 1. The monoisotopic (exact) mass is 354 g/mol. The van der Waals surface area contributed by atoms with Crippen LogP contribution in [0.2, 0.25) is 0 Å². The Morgan fingerprint density at radius 1 is 0.852 bits per heavy atom. The molecule has 0 saturated carbocycles. The normalized spacial score (nSPS) is 13.0. The number of anilines is 1. The van der Waals surface area contributed by atoms with Crippen LogP contribution in [0.15, 0.2) is 85.3 Å². The summed E-state index contributed by atoms with van der Waals surface area (Å²) in [5.41, 5.74) is 4.85. The molecule has 1 amide bonds. The van der Waals surface area contributed by atoms with Gasteiger partial charge in [0, 0.05) is 42.1 Å². The van der Waals surface area contributed by atoms with E-state index in [1.54, 1.807) is 10.9 Å². The van der Waals surface area contributed by atoms with Gasteiger partial charge in [-0.2, -0.15) is 5.10 Å². The van der Waals surface area contributed by atoms with E-state index < -0.39 is 0 Å². The molecule has 0 aliphatic carbocycles. The van der Waals surface area contributed by atoms with Gasteiger partial charge in [0.2, 0.25) is 0 Å². The highest BCUT2D eigenvalue weighted by atomic mass is 16.2. The lowest BCUT2D eigenvalue weighted by atomic mass is 10.1. The number of carbonyl (C=O) groups is 1. The quantitative estimate of drug-likeness (QED) is 0.548. The van der Waals surface area contributed by atoms with Gasteiger partial charge in [-0.25, -0.2) is 4.68 Å². The SMILES string of the molecule is O=C(c1ccc(-n2cccn2)cc1)N1Cc2cccn2Cc2ccccc21. The zero-order chi connectivity index (χ0) is 18.2. The fourth-order valence-corrected chi connectivity index (χ4v) is 3.60. The Bertz CT molecular complexity index is 1090. The summed E-state index contributed by atoms with van der Waals surface area (Å²) in [5, 5.41) is 4.23. The van der Waals surface area contributed by atoms with Gasteiger partial charge in [0.05, 0.1) is 12.2 Å². The van der Waals surface area contributed by atoms with E-state index in [0.717, 1.165) is 29.2 Å². The Hall–Kier alpha value is -3.60. The number of rotatable bonds is 2. The molecule has 1 aliphatic heterocycles. The van der Waals surface area contributed by atoms with Crippen molar-refractivity contribution in [2.45, 2.75) is 13.1 Å². The number of nitrogens with zero attached hydrogens (tertiary/aromatic N) is 4. The molecule has 1 aliphatic rings. The standard InChI is InChI=1S/C22H18N4O/c27-22(17-8-10-19(11-9-17)26-14-4-12-23-26)25-16-20-6-3-13-24(20)15-18-5-1-2-7-21(18)25/h1-14H,15-16H2. The summed E-state index contributed by atoms with van der Waals surface area (Å²) >= 11 is 0. The van der Waals surface area contributed by atoms with Crippen molar-refractivity contribution in [2.24, 2.45) is 0 Å². The summed E-state index contributed by atoms with van der Waals surface area (Å²) in [6.45, 7) is 1.34. The van der Waals surface area contributed by atoms with Gasteiger partial charge in [0.15, 0.2) is 0 Å². The Labute approximate surface area is 157 Å². The summed E-state index contributed by atoms with van der Waals surface area (Å²) in [6.07, 6.45) is 5.69. The summed E-state index contributed by atoms with van der Waals surface area (Å²) in [7, 11) is 0. The summed E-state index contributed by atoms with van der Waals surface area (Å²) in [4.78, 5) is 15.2. The molecule has 5 rings (SSSR count). The second kappa shape index (κ2) is 6.29. The Morgan fingerprint density at radius 2 is 1.70 bits per heavy atom. The third-order valence-corrected chi connectivity index (χ3v) is 5.00. The second-order valence-corrected chi connectivity index (χ2v) is 6.64. The van der Waals surface area contributed by atoms with E-state index in [-0.39, 0.29) is 5.91 Å². The zero-order valence-corrected chi connectivity index (χ0v) is 14.7. The van der Waals surface area contributed by atoms with E-state index in [4.69, 9.17) is 0 Å². The first-order valence-corrected chi connectivity index (χ1v) is 8.93. The van der Waals surface area contributed by atoms with Crippen LogP contribution in [-0.4, -0.2) is 20.3 Å². The van der Waals surface area contributed by atoms with Crippen molar-refractivity contribution in [2.75, 3.05) is 4.90 Å². The lowest BCUT2D eigenvalue weighted by Gasteiger charge is -2.23. The van der Waals surface area contributed by atoms with Crippen LogP contribution in [0, 0.1) is 0 Å². The summed E-state index contributed by atoms with van der Waals surface area (Å²) in [6, 6.07) is 21.7. The average molecular weight is 354 g/mol. The molecule has 2 aromatic carbocycles. The Balaban J connectivity index is 1.52. The van der Waals surface area contributed by atoms with Gasteiger partial charge in [-0.3, -0.25) is 4.79 Å². The van der Waals surface area contributed by atoms with E-state index in [9.17, 15) is 4.79 Å². The lowest BCUT2D eigenvalue weighted by molar-refractivity contribution is 0.0985. The predicted molar refractivity (Wildman–Crippen MR) is 104 cm³/mol. The number of aromatic nitrogens is 3. The number of hydrogen-bond donors (Lipinski definition) is 0.